The summed E-state index contributed by atoms with van der Waals surface area (Å²) in [5.41, 5.74) is 1.11. The molecule has 0 aliphatic carbocycles. The summed E-state index contributed by atoms with van der Waals surface area (Å²) in [5, 5.41) is 10.7. The van der Waals surface area contributed by atoms with Crippen molar-refractivity contribution < 1.29 is 4.74 Å². The van der Waals surface area contributed by atoms with Crippen molar-refractivity contribution in [2.24, 2.45) is 4.99 Å². The molecule has 0 saturated carbocycles. The second-order valence-corrected chi connectivity index (χ2v) is 4.67. The Morgan fingerprint density at radius 2 is 2.22 bits per heavy atom. The molecule has 0 aromatic carbocycles. The van der Waals surface area contributed by atoms with Crippen molar-refractivity contribution in [3.8, 4) is 5.82 Å². The third-order valence-corrected chi connectivity index (χ3v) is 3.05. The number of hydrogen-bond acceptors (Lipinski definition) is 4. The van der Waals surface area contributed by atoms with E-state index in [4.69, 9.17) is 4.74 Å². The quantitative estimate of drug-likeness (QED) is 0.302. The molecule has 0 fully saturated rings. The molecule has 0 radical (unpaired) electrons. The zero-order valence-corrected chi connectivity index (χ0v) is 15.7. The van der Waals surface area contributed by atoms with Crippen LogP contribution in [0.3, 0.4) is 0 Å². The molecule has 0 aliphatic rings. The molecule has 0 unspecified atom stereocenters. The van der Waals surface area contributed by atoms with Crippen molar-refractivity contribution in [3.05, 3.63) is 42.4 Å². The smallest absolute Gasteiger partial charge is 0.191 e. The Morgan fingerprint density at radius 1 is 1.35 bits per heavy atom. The van der Waals surface area contributed by atoms with Gasteiger partial charge in [-0.3, -0.25) is 4.99 Å². The minimum Gasteiger partial charge on any atom is -0.385 e. The second kappa shape index (κ2) is 10.9. The van der Waals surface area contributed by atoms with Crippen molar-refractivity contribution in [3.63, 3.8) is 0 Å². The van der Waals surface area contributed by atoms with Gasteiger partial charge in [-0.25, -0.2) is 9.67 Å². The highest BCUT2D eigenvalue weighted by Gasteiger charge is 2.02. The Kier molecular flexibility index (Phi) is 9.22. The maximum absolute atomic E-state index is 5.02. The van der Waals surface area contributed by atoms with E-state index < -0.39 is 0 Å². The molecule has 0 spiro atoms. The van der Waals surface area contributed by atoms with Crippen LogP contribution in [0.5, 0.6) is 0 Å². The average Bonchev–Trinajstić information content (AvgIpc) is 3.09. The minimum atomic E-state index is 0. The first-order chi connectivity index (χ1) is 10.8. The van der Waals surface area contributed by atoms with E-state index in [9.17, 15) is 0 Å². The van der Waals surface area contributed by atoms with E-state index in [-0.39, 0.29) is 24.0 Å². The molecule has 2 heterocycles. The van der Waals surface area contributed by atoms with Crippen LogP contribution >= 0.6 is 24.0 Å². The van der Waals surface area contributed by atoms with Crippen molar-refractivity contribution in [1.82, 2.24) is 25.4 Å². The summed E-state index contributed by atoms with van der Waals surface area (Å²) in [6, 6.07) is 5.84. The van der Waals surface area contributed by atoms with E-state index in [1.807, 2.05) is 24.4 Å². The van der Waals surface area contributed by atoms with Gasteiger partial charge in [0.25, 0.3) is 0 Å². The number of rotatable bonds is 7. The first-order valence-corrected chi connectivity index (χ1v) is 7.22. The molecule has 0 amide bonds. The van der Waals surface area contributed by atoms with Gasteiger partial charge in [0.2, 0.25) is 0 Å². The molecular formula is C15H23IN6O. The van der Waals surface area contributed by atoms with Crippen LogP contribution < -0.4 is 10.6 Å². The SMILES string of the molecule is CN=C(NCCCOC)NCc1ccnc(-n2cccn2)c1.I. The molecule has 126 valence electrons. The van der Waals surface area contributed by atoms with Crippen molar-refractivity contribution in [1.29, 1.82) is 0 Å². The molecule has 0 bridgehead atoms. The van der Waals surface area contributed by atoms with E-state index in [1.165, 1.54) is 0 Å². The fraction of sp³-hybridized carbons (Fsp3) is 0.400. The molecule has 2 rings (SSSR count). The minimum absolute atomic E-state index is 0. The number of aliphatic imine (C=N–C) groups is 1. The van der Waals surface area contributed by atoms with Crippen molar-refractivity contribution in [2.45, 2.75) is 13.0 Å². The van der Waals surface area contributed by atoms with Crippen LogP contribution in [0.1, 0.15) is 12.0 Å². The van der Waals surface area contributed by atoms with Gasteiger partial charge in [0, 0.05) is 52.4 Å². The second-order valence-electron chi connectivity index (χ2n) is 4.67. The molecule has 23 heavy (non-hydrogen) atoms. The van der Waals surface area contributed by atoms with E-state index >= 15 is 0 Å². The molecule has 0 saturated heterocycles. The maximum atomic E-state index is 5.02. The van der Waals surface area contributed by atoms with Crippen molar-refractivity contribution in [2.75, 3.05) is 27.3 Å². The fourth-order valence-electron chi connectivity index (χ4n) is 1.93. The molecule has 2 aromatic rings. The van der Waals surface area contributed by atoms with Crippen LogP contribution in [0.4, 0.5) is 0 Å². The predicted molar refractivity (Wildman–Crippen MR) is 101 cm³/mol. The predicted octanol–water partition coefficient (Wildman–Crippen LogP) is 1.59. The molecule has 8 heteroatoms. The van der Waals surface area contributed by atoms with Gasteiger partial charge < -0.3 is 15.4 Å². The van der Waals surface area contributed by atoms with Crippen LogP contribution in [0.2, 0.25) is 0 Å². The standard InChI is InChI=1S/C15H22N6O.HI/c1-16-15(18-6-4-10-22-2)19-12-13-5-8-17-14(11-13)21-9-3-7-20-21;/h3,5,7-9,11H,4,6,10,12H2,1-2H3,(H2,16,18,19);1H. The largest absolute Gasteiger partial charge is 0.385 e. The number of pyridine rings is 1. The summed E-state index contributed by atoms with van der Waals surface area (Å²) in [6.07, 6.45) is 6.33. The number of guanidine groups is 1. The van der Waals surface area contributed by atoms with Crippen LogP contribution in [0.25, 0.3) is 5.82 Å². The zero-order chi connectivity index (χ0) is 15.6. The molecule has 2 N–H and O–H groups in total. The van der Waals surface area contributed by atoms with E-state index in [0.29, 0.717) is 6.54 Å². The number of hydrogen-bond donors (Lipinski definition) is 2. The summed E-state index contributed by atoms with van der Waals surface area (Å²) in [5.74, 6) is 1.57. The Balaban J connectivity index is 0.00000264. The summed E-state index contributed by atoms with van der Waals surface area (Å²) in [4.78, 5) is 8.51. The van der Waals surface area contributed by atoms with E-state index in [0.717, 1.165) is 36.9 Å². The highest BCUT2D eigenvalue weighted by Crippen LogP contribution is 2.05. The highest BCUT2D eigenvalue weighted by atomic mass is 127. The first kappa shape index (κ1) is 19.4. The van der Waals surface area contributed by atoms with Gasteiger partial charge in [-0.1, -0.05) is 0 Å². The lowest BCUT2D eigenvalue weighted by atomic mass is 10.2. The van der Waals surface area contributed by atoms with Crippen LogP contribution in [0.15, 0.2) is 41.8 Å². The van der Waals surface area contributed by atoms with Crippen molar-refractivity contribution >= 4 is 29.9 Å². The average molecular weight is 430 g/mol. The number of methoxy groups -OCH3 is 1. The molecule has 2 aromatic heterocycles. The lowest BCUT2D eigenvalue weighted by molar-refractivity contribution is 0.195. The van der Waals surface area contributed by atoms with E-state index in [2.05, 4.69) is 25.7 Å². The third-order valence-electron chi connectivity index (χ3n) is 3.05. The van der Waals surface area contributed by atoms with Gasteiger partial charge in [0.15, 0.2) is 11.8 Å². The number of halogens is 1. The summed E-state index contributed by atoms with van der Waals surface area (Å²) in [7, 11) is 3.46. The van der Waals surface area contributed by atoms with Crippen LogP contribution in [0, 0.1) is 0 Å². The summed E-state index contributed by atoms with van der Waals surface area (Å²) in [6.45, 7) is 2.23. The Hall–Kier alpha value is -1.68. The maximum Gasteiger partial charge on any atom is 0.191 e. The molecule has 0 atom stereocenters. The zero-order valence-electron chi connectivity index (χ0n) is 13.4. The molecular weight excluding hydrogens is 407 g/mol. The lowest BCUT2D eigenvalue weighted by Gasteiger charge is -2.12. The van der Waals surface area contributed by atoms with E-state index in [1.54, 1.807) is 31.2 Å². The van der Waals surface area contributed by atoms with Crippen LogP contribution in [-0.4, -0.2) is 48.0 Å². The molecule has 7 nitrogen and oxygen atoms in total. The summed E-state index contributed by atoms with van der Waals surface area (Å²) < 4.78 is 6.76. The topological polar surface area (TPSA) is 76.4 Å². The molecule has 0 aliphatic heterocycles. The first-order valence-electron chi connectivity index (χ1n) is 7.22. The highest BCUT2D eigenvalue weighted by molar-refractivity contribution is 14.0. The van der Waals surface area contributed by atoms with Gasteiger partial charge in [-0.15, -0.1) is 24.0 Å². The number of nitrogens with one attached hydrogen (secondary N) is 2. The number of ether oxygens (including phenoxy) is 1. The van der Waals surface area contributed by atoms with Gasteiger partial charge in [0.05, 0.1) is 0 Å². The van der Waals surface area contributed by atoms with Gasteiger partial charge >= 0.3 is 0 Å². The third kappa shape index (κ3) is 6.53. The fourth-order valence-corrected chi connectivity index (χ4v) is 1.93. The van der Waals surface area contributed by atoms with Gasteiger partial charge in [-0.05, 0) is 30.2 Å². The lowest BCUT2D eigenvalue weighted by Crippen LogP contribution is -2.37. The Labute approximate surface area is 153 Å². The number of nitrogens with zero attached hydrogens (tertiary/aromatic N) is 4. The van der Waals surface area contributed by atoms with Gasteiger partial charge in [-0.2, -0.15) is 5.10 Å². The Bertz CT molecular complexity index is 587. The summed E-state index contributed by atoms with van der Waals surface area (Å²) >= 11 is 0. The number of aromatic nitrogens is 3. The van der Waals surface area contributed by atoms with Crippen LogP contribution in [-0.2, 0) is 11.3 Å². The normalized spacial score (nSPS) is 11.0. The Morgan fingerprint density at radius 3 is 2.91 bits per heavy atom. The van der Waals surface area contributed by atoms with Gasteiger partial charge in [0.1, 0.15) is 0 Å². The monoisotopic (exact) mass is 430 g/mol.